The fourth-order valence-corrected chi connectivity index (χ4v) is 1.13. The summed E-state index contributed by atoms with van der Waals surface area (Å²) < 4.78 is 5.61. The predicted molar refractivity (Wildman–Crippen MR) is 44.7 cm³/mol. The molecule has 1 aliphatic heterocycles. The van der Waals surface area contributed by atoms with Crippen LogP contribution in [0, 0.1) is 0 Å². The minimum atomic E-state index is 0. The van der Waals surface area contributed by atoms with Crippen LogP contribution in [0.25, 0.3) is 0 Å². The van der Waals surface area contributed by atoms with E-state index in [1.807, 2.05) is 0 Å². The van der Waals surface area contributed by atoms with E-state index in [1.165, 1.54) is 0 Å². The van der Waals surface area contributed by atoms with Crippen LogP contribution in [0.3, 0.4) is 0 Å². The molecule has 2 nitrogen and oxygen atoms in total. The Kier molecular flexibility index (Phi) is 3.63. The van der Waals surface area contributed by atoms with Gasteiger partial charge in [0.15, 0.2) is 0 Å². The second-order valence-electron chi connectivity index (χ2n) is 3.22. The first-order chi connectivity index (χ1) is 4.12. The van der Waals surface area contributed by atoms with Gasteiger partial charge in [0.05, 0.1) is 11.7 Å². The van der Waals surface area contributed by atoms with Gasteiger partial charge in [-0.3, -0.25) is 0 Å². The maximum atomic E-state index is 5.61. The Hall–Kier alpha value is 0.210. The molecule has 0 aromatic heterocycles. The van der Waals surface area contributed by atoms with Crippen LogP contribution in [0.2, 0.25) is 0 Å². The molecule has 1 rings (SSSR count). The molecule has 3 heteroatoms. The zero-order valence-electron chi connectivity index (χ0n) is 6.81. The molecule has 0 atom stereocenters. The minimum absolute atomic E-state index is 0. The minimum Gasteiger partial charge on any atom is -0.370 e. The third kappa shape index (κ3) is 2.45. The average Bonchev–Trinajstić information content (AvgIpc) is 1.60. The Labute approximate surface area is 68.7 Å². The van der Waals surface area contributed by atoms with E-state index in [4.69, 9.17) is 4.74 Å². The van der Waals surface area contributed by atoms with E-state index in [1.54, 1.807) is 0 Å². The Morgan fingerprint density at radius 3 is 2.00 bits per heavy atom. The SMILES string of the molecule is CC(C)OC1(C)CNC1.Cl. The highest BCUT2D eigenvalue weighted by molar-refractivity contribution is 5.85. The Bertz CT molecular complexity index is 102. The van der Waals surface area contributed by atoms with Crippen molar-refractivity contribution in [2.24, 2.45) is 0 Å². The molecule has 1 N–H and O–H groups in total. The van der Waals surface area contributed by atoms with E-state index in [9.17, 15) is 0 Å². The van der Waals surface area contributed by atoms with Crippen LogP contribution < -0.4 is 5.32 Å². The summed E-state index contributed by atoms with van der Waals surface area (Å²) in [7, 11) is 0. The van der Waals surface area contributed by atoms with Crippen molar-refractivity contribution in [3.05, 3.63) is 0 Å². The highest BCUT2D eigenvalue weighted by atomic mass is 35.5. The molecule has 0 unspecified atom stereocenters. The van der Waals surface area contributed by atoms with Crippen molar-refractivity contribution >= 4 is 12.4 Å². The van der Waals surface area contributed by atoms with Gasteiger partial charge in [0.1, 0.15) is 0 Å². The molecule has 0 aromatic rings. The van der Waals surface area contributed by atoms with Crippen molar-refractivity contribution in [2.75, 3.05) is 13.1 Å². The van der Waals surface area contributed by atoms with Crippen LogP contribution in [0.1, 0.15) is 20.8 Å². The second-order valence-corrected chi connectivity index (χ2v) is 3.22. The topological polar surface area (TPSA) is 21.3 Å². The van der Waals surface area contributed by atoms with E-state index in [-0.39, 0.29) is 18.0 Å². The summed E-state index contributed by atoms with van der Waals surface area (Å²) in [5, 5.41) is 3.18. The van der Waals surface area contributed by atoms with Gasteiger partial charge in [-0.1, -0.05) is 0 Å². The number of hydrogen-bond acceptors (Lipinski definition) is 2. The van der Waals surface area contributed by atoms with Gasteiger partial charge in [0.25, 0.3) is 0 Å². The van der Waals surface area contributed by atoms with Crippen molar-refractivity contribution in [3.8, 4) is 0 Å². The number of hydrogen-bond donors (Lipinski definition) is 1. The molecule has 0 aliphatic carbocycles. The molecule has 1 aliphatic rings. The molecule has 0 spiro atoms. The Morgan fingerprint density at radius 1 is 1.40 bits per heavy atom. The summed E-state index contributed by atoms with van der Waals surface area (Å²) in [6, 6.07) is 0. The average molecular weight is 166 g/mol. The second kappa shape index (κ2) is 3.56. The number of halogens is 1. The Balaban J connectivity index is 0.000000810. The standard InChI is InChI=1S/C7H15NO.ClH/c1-6(2)9-7(3)4-8-5-7;/h6,8H,4-5H2,1-3H3;1H. The third-order valence-electron chi connectivity index (χ3n) is 1.52. The van der Waals surface area contributed by atoms with Gasteiger partial charge in [0, 0.05) is 13.1 Å². The van der Waals surface area contributed by atoms with Crippen LogP contribution in [-0.4, -0.2) is 24.8 Å². The maximum absolute atomic E-state index is 5.61. The molecule has 0 bridgehead atoms. The lowest BCUT2D eigenvalue weighted by Crippen LogP contribution is -2.59. The first-order valence-electron chi connectivity index (χ1n) is 3.51. The smallest absolute Gasteiger partial charge is 0.0905 e. The molecule has 1 saturated heterocycles. The molecule has 62 valence electrons. The quantitative estimate of drug-likeness (QED) is 0.664. The lowest BCUT2D eigenvalue weighted by atomic mass is 10.00. The summed E-state index contributed by atoms with van der Waals surface area (Å²) in [5.41, 5.74) is 0.133. The van der Waals surface area contributed by atoms with Crippen molar-refractivity contribution in [1.82, 2.24) is 5.32 Å². The van der Waals surface area contributed by atoms with Gasteiger partial charge in [-0.15, -0.1) is 12.4 Å². The molecule has 0 saturated carbocycles. The lowest BCUT2D eigenvalue weighted by molar-refractivity contribution is -0.0975. The predicted octanol–water partition coefficient (Wildman–Crippen LogP) is 1.20. The Morgan fingerprint density at radius 2 is 1.90 bits per heavy atom. The maximum Gasteiger partial charge on any atom is 0.0905 e. The highest BCUT2D eigenvalue weighted by Crippen LogP contribution is 2.16. The fourth-order valence-electron chi connectivity index (χ4n) is 1.13. The van der Waals surface area contributed by atoms with Gasteiger partial charge >= 0.3 is 0 Å². The van der Waals surface area contributed by atoms with Gasteiger partial charge in [-0.2, -0.15) is 0 Å². The van der Waals surface area contributed by atoms with Crippen LogP contribution in [0.5, 0.6) is 0 Å². The van der Waals surface area contributed by atoms with Gasteiger partial charge in [0.2, 0.25) is 0 Å². The van der Waals surface area contributed by atoms with Gasteiger partial charge < -0.3 is 10.1 Å². The van der Waals surface area contributed by atoms with E-state index >= 15 is 0 Å². The zero-order valence-corrected chi connectivity index (χ0v) is 7.62. The van der Waals surface area contributed by atoms with Gasteiger partial charge in [-0.05, 0) is 20.8 Å². The highest BCUT2D eigenvalue weighted by Gasteiger charge is 2.32. The lowest BCUT2D eigenvalue weighted by Gasteiger charge is -2.40. The van der Waals surface area contributed by atoms with Crippen LogP contribution in [-0.2, 0) is 4.74 Å². The molecule has 0 radical (unpaired) electrons. The summed E-state index contributed by atoms with van der Waals surface area (Å²) in [6.07, 6.45) is 0.358. The van der Waals surface area contributed by atoms with Crippen LogP contribution in [0.4, 0.5) is 0 Å². The van der Waals surface area contributed by atoms with Crippen LogP contribution in [0.15, 0.2) is 0 Å². The molecular weight excluding hydrogens is 150 g/mol. The first kappa shape index (κ1) is 10.2. The summed E-state index contributed by atoms with van der Waals surface area (Å²) in [4.78, 5) is 0. The molecule has 0 amide bonds. The monoisotopic (exact) mass is 165 g/mol. The number of ether oxygens (including phenoxy) is 1. The molecule has 1 heterocycles. The van der Waals surface area contributed by atoms with Crippen molar-refractivity contribution in [2.45, 2.75) is 32.5 Å². The molecule has 1 fully saturated rings. The fraction of sp³-hybridized carbons (Fsp3) is 1.00. The van der Waals surface area contributed by atoms with Crippen LogP contribution >= 0.6 is 12.4 Å². The number of nitrogens with one attached hydrogen (secondary N) is 1. The first-order valence-corrected chi connectivity index (χ1v) is 3.51. The molecule has 10 heavy (non-hydrogen) atoms. The van der Waals surface area contributed by atoms with Crippen molar-refractivity contribution < 1.29 is 4.74 Å². The van der Waals surface area contributed by atoms with E-state index < -0.39 is 0 Å². The molecule has 0 aromatic carbocycles. The largest absolute Gasteiger partial charge is 0.370 e. The zero-order chi connectivity index (χ0) is 6.91. The van der Waals surface area contributed by atoms with E-state index in [0.717, 1.165) is 13.1 Å². The summed E-state index contributed by atoms with van der Waals surface area (Å²) >= 11 is 0. The third-order valence-corrected chi connectivity index (χ3v) is 1.52. The van der Waals surface area contributed by atoms with Crippen molar-refractivity contribution in [3.63, 3.8) is 0 Å². The number of rotatable bonds is 2. The van der Waals surface area contributed by atoms with E-state index in [0.29, 0.717) is 6.10 Å². The van der Waals surface area contributed by atoms with Gasteiger partial charge in [-0.25, -0.2) is 0 Å². The van der Waals surface area contributed by atoms with Crippen molar-refractivity contribution in [1.29, 1.82) is 0 Å². The summed E-state index contributed by atoms with van der Waals surface area (Å²) in [6.45, 7) is 8.30. The normalized spacial score (nSPS) is 21.6. The molecular formula is C7H16ClNO. The van der Waals surface area contributed by atoms with E-state index in [2.05, 4.69) is 26.1 Å². The summed E-state index contributed by atoms with van der Waals surface area (Å²) in [5.74, 6) is 0.